The number of hydrogen-bond acceptors (Lipinski definition) is 4. The molecular formula is C27H29F3N4O3. The number of alkyl halides is 3. The maximum absolute atomic E-state index is 13.7. The van der Waals surface area contributed by atoms with Gasteiger partial charge in [0.25, 0.3) is 5.91 Å². The van der Waals surface area contributed by atoms with E-state index in [-0.39, 0.29) is 37.5 Å². The number of para-hydroxylation sites is 1. The van der Waals surface area contributed by atoms with E-state index in [1.807, 2.05) is 40.1 Å². The van der Waals surface area contributed by atoms with E-state index in [0.717, 1.165) is 30.7 Å². The van der Waals surface area contributed by atoms with Crippen LogP contribution in [0, 0.1) is 5.92 Å². The summed E-state index contributed by atoms with van der Waals surface area (Å²) in [4.78, 5) is 44.4. The molecule has 3 aliphatic rings. The van der Waals surface area contributed by atoms with Crippen molar-refractivity contribution in [2.45, 2.75) is 43.9 Å². The van der Waals surface area contributed by atoms with Gasteiger partial charge in [-0.3, -0.25) is 14.4 Å². The van der Waals surface area contributed by atoms with Crippen LogP contribution in [0.4, 0.5) is 18.9 Å². The number of nitrogens with one attached hydrogen (secondary N) is 1. The van der Waals surface area contributed by atoms with E-state index in [2.05, 4.69) is 5.32 Å². The van der Waals surface area contributed by atoms with Crippen molar-refractivity contribution in [3.05, 3.63) is 65.7 Å². The summed E-state index contributed by atoms with van der Waals surface area (Å²) in [5.74, 6) is -0.325. The van der Waals surface area contributed by atoms with Gasteiger partial charge in [-0.15, -0.1) is 0 Å². The lowest BCUT2D eigenvalue weighted by Gasteiger charge is -2.43. The van der Waals surface area contributed by atoms with Crippen molar-refractivity contribution in [3.8, 4) is 0 Å². The maximum atomic E-state index is 13.7. The first-order chi connectivity index (χ1) is 17.7. The fraction of sp³-hybridized carbons (Fsp3) is 0.444. The standard InChI is InChI=1S/C27H29F3N4O3/c28-27(29,30)21-6-4-5-19(15-21)16-31-23(35)17-33-18-34(22-7-2-1-3-8-22)26(25(33)37)11-13-32(14-12-26)24(36)20-9-10-20/h1-8,15,20H,9-14,16-18H2,(H,31,35). The predicted molar refractivity (Wildman–Crippen MR) is 130 cm³/mol. The Morgan fingerprint density at radius 1 is 1.00 bits per heavy atom. The quantitative estimate of drug-likeness (QED) is 0.642. The molecular weight excluding hydrogens is 485 g/mol. The molecule has 2 saturated heterocycles. The van der Waals surface area contributed by atoms with Gasteiger partial charge in [0.05, 0.1) is 12.2 Å². The van der Waals surface area contributed by atoms with E-state index >= 15 is 0 Å². The van der Waals surface area contributed by atoms with Gasteiger partial charge in [0.15, 0.2) is 0 Å². The Kier molecular flexibility index (Phi) is 6.59. The Balaban J connectivity index is 1.27. The van der Waals surface area contributed by atoms with Crippen LogP contribution < -0.4 is 10.2 Å². The number of hydrogen-bond donors (Lipinski definition) is 1. The summed E-state index contributed by atoms with van der Waals surface area (Å²) in [6.07, 6.45) is -1.66. The molecule has 2 heterocycles. The van der Waals surface area contributed by atoms with E-state index in [0.29, 0.717) is 31.5 Å². The van der Waals surface area contributed by atoms with E-state index < -0.39 is 23.2 Å². The number of benzene rings is 2. The average molecular weight is 515 g/mol. The molecule has 2 aromatic rings. The second-order valence-electron chi connectivity index (χ2n) is 10.0. The number of nitrogens with zero attached hydrogens (tertiary/aromatic N) is 3. The summed E-state index contributed by atoms with van der Waals surface area (Å²) in [6.45, 7) is 0.917. The molecule has 37 heavy (non-hydrogen) atoms. The highest BCUT2D eigenvalue weighted by Gasteiger charge is 2.54. The lowest BCUT2D eigenvalue weighted by atomic mass is 9.85. The van der Waals surface area contributed by atoms with Gasteiger partial charge < -0.3 is 20.0 Å². The summed E-state index contributed by atoms with van der Waals surface area (Å²) in [7, 11) is 0. The third-order valence-corrected chi connectivity index (χ3v) is 7.49. The number of anilines is 1. The number of likely N-dealkylation sites (tertiary alicyclic amines) is 1. The molecule has 1 aliphatic carbocycles. The molecule has 10 heteroatoms. The highest BCUT2D eigenvalue weighted by molar-refractivity contribution is 5.96. The fourth-order valence-electron chi connectivity index (χ4n) is 5.30. The minimum absolute atomic E-state index is 0.0729. The lowest BCUT2D eigenvalue weighted by molar-refractivity contribution is -0.140. The van der Waals surface area contributed by atoms with Crippen molar-refractivity contribution in [2.75, 3.05) is 31.2 Å². The van der Waals surface area contributed by atoms with Gasteiger partial charge in [-0.25, -0.2) is 0 Å². The summed E-state index contributed by atoms with van der Waals surface area (Å²) in [5, 5.41) is 2.64. The molecule has 0 radical (unpaired) electrons. The highest BCUT2D eigenvalue weighted by Crippen LogP contribution is 2.41. The second kappa shape index (κ2) is 9.72. The van der Waals surface area contributed by atoms with Gasteiger partial charge in [-0.1, -0.05) is 30.3 Å². The number of carbonyl (C=O) groups is 3. The third kappa shape index (κ3) is 5.14. The minimum Gasteiger partial charge on any atom is -0.350 e. The predicted octanol–water partition coefficient (Wildman–Crippen LogP) is 3.40. The van der Waals surface area contributed by atoms with Crippen molar-refractivity contribution in [1.29, 1.82) is 0 Å². The van der Waals surface area contributed by atoms with E-state index in [1.54, 1.807) is 0 Å². The van der Waals surface area contributed by atoms with Crippen molar-refractivity contribution in [2.24, 2.45) is 5.92 Å². The van der Waals surface area contributed by atoms with E-state index in [1.165, 1.54) is 17.0 Å². The normalized spacial score (nSPS) is 19.4. The van der Waals surface area contributed by atoms with Crippen LogP contribution >= 0.6 is 0 Å². The molecule has 5 rings (SSSR count). The number of amides is 3. The zero-order valence-corrected chi connectivity index (χ0v) is 20.3. The third-order valence-electron chi connectivity index (χ3n) is 7.49. The molecule has 7 nitrogen and oxygen atoms in total. The van der Waals surface area contributed by atoms with Crippen LogP contribution in [-0.2, 0) is 27.1 Å². The Labute approximate surface area is 213 Å². The molecule has 0 atom stereocenters. The molecule has 1 N–H and O–H groups in total. The Hall–Kier alpha value is -3.56. The van der Waals surface area contributed by atoms with Crippen LogP contribution in [0.3, 0.4) is 0 Å². The Bertz CT molecular complexity index is 1170. The zero-order chi connectivity index (χ0) is 26.2. The molecule has 2 aromatic carbocycles. The lowest BCUT2D eigenvalue weighted by Crippen LogP contribution is -2.57. The number of rotatable bonds is 6. The van der Waals surface area contributed by atoms with Crippen LogP contribution in [0.2, 0.25) is 0 Å². The first kappa shape index (κ1) is 25.1. The summed E-state index contributed by atoms with van der Waals surface area (Å²) in [6, 6.07) is 14.3. The number of carbonyl (C=O) groups excluding carboxylic acids is 3. The van der Waals surface area contributed by atoms with Crippen molar-refractivity contribution in [1.82, 2.24) is 15.1 Å². The molecule has 3 fully saturated rings. The number of halogens is 3. The van der Waals surface area contributed by atoms with E-state index in [9.17, 15) is 27.6 Å². The number of piperidine rings is 1. The monoisotopic (exact) mass is 514 g/mol. The van der Waals surface area contributed by atoms with Crippen molar-refractivity contribution >= 4 is 23.4 Å². The molecule has 0 unspecified atom stereocenters. The minimum atomic E-state index is -4.46. The molecule has 196 valence electrons. The fourth-order valence-corrected chi connectivity index (χ4v) is 5.30. The topological polar surface area (TPSA) is 73.0 Å². The molecule has 3 amide bonds. The molecule has 0 bridgehead atoms. The Morgan fingerprint density at radius 2 is 1.70 bits per heavy atom. The van der Waals surface area contributed by atoms with Crippen LogP contribution in [0.5, 0.6) is 0 Å². The van der Waals surface area contributed by atoms with Gasteiger partial charge in [-0.2, -0.15) is 13.2 Å². The largest absolute Gasteiger partial charge is 0.416 e. The smallest absolute Gasteiger partial charge is 0.350 e. The van der Waals surface area contributed by atoms with Crippen molar-refractivity contribution in [3.63, 3.8) is 0 Å². The molecule has 2 aliphatic heterocycles. The summed E-state index contributed by atoms with van der Waals surface area (Å²) < 4.78 is 39.0. The SMILES string of the molecule is O=C(CN1CN(c2ccccc2)C2(CCN(C(=O)C3CC3)CC2)C1=O)NCc1cccc(C(F)(F)F)c1. The van der Waals surface area contributed by atoms with Gasteiger partial charge in [0.2, 0.25) is 11.8 Å². The molecule has 1 saturated carbocycles. The second-order valence-corrected chi connectivity index (χ2v) is 10.0. The van der Waals surface area contributed by atoms with Gasteiger partial charge >= 0.3 is 6.18 Å². The summed E-state index contributed by atoms with van der Waals surface area (Å²) >= 11 is 0. The van der Waals surface area contributed by atoms with Gasteiger partial charge in [-0.05, 0) is 55.5 Å². The first-order valence-corrected chi connectivity index (χ1v) is 12.5. The zero-order valence-electron chi connectivity index (χ0n) is 20.3. The maximum Gasteiger partial charge on any atom is 0.416 e. The highest BCUT2D eigenvalue weighted by atomic mass is 19.4. The van der Waals surface area contributed by atoms with E-state index in [4.69, 9.17) is 0 Å². The Morgan fingerprint density at radius 3 is 2.35 bits per heavy atom. The molecule has 1 spiro atoms. The van der Waals surface area contributed by atoms with Crippen LogP contribution in [-0.4, -0.2) is 59.4 Å². The van der Waals surface area contributed by atoms with Crippen LogP contribution in [0.25, 0.3) is 0 Å². The molecule has 0 aromatic heterocycles. The van der Waals surface area contributed by atoms with Crippen molar-refractivity contribution < 1.29 is 27.6 Å². The summed E-state index contributed by atoms with van der Waals surface area (Å²) in [5.41, 5.74) is -0.431. The van der Waals surface area contributed by atoms with Crippen LogP contribution in [0.1, 0.15) is 36.8 Å². The van der Waals surface area contributed by atoms with Gasteiger partial charge in [0, 0.05) is 31.2 Å². The van der Waals surface area contributed by atoms with Gasteiger partial charge in [0.1, 0.15) is 12.1 Å². The average Bonchev–Trinajstić information content (AvgIpc) is 3.71. The van der Waals surface area contributed by atoms with Crippen LogP contribution in [0.15, 0.2) is 54.6 Å². The first-order valence-electron chi connectivity index (χ1n) is 12.5.